The number of hydrogen-bond acceptors (Lipinski definition) is 5. The molecule has 1 fully saturated rings. The molecule has 0 radical (unpaired) electrons. The standard InChI is InChI=1S/C21H19FN2O4S/c1-2-28-16-9-7-14(8-10-16)19(25)23-11-12-24-20(26)18(29-21(24)27)13-15-5-3-4-6-17(15)22/h3-10,13H,2,11-12H2,1H3,(H,23,25)/b18-13-. The average molecular weight is 414 g/mol. The summed E-state index contributed by atoms with van der Waals surface area (Å²) in [5.41, 5.74) is 0.684. The van der Waals surface area contributed by atoms with Crippen molar-refractivity contribution < 1.29 is 23.5 Å². The number of thioether (sulfide) groups is 1. The summed E-state index contributed by atoms with van der Waals surface area (Å²) in [5, 5.41) is 2.23. The first-order valence-electron chi connectivity index (χ1n) is 9.00. The molecule has 2 aromatic rings. The predicted octanol–water partition coefficient (Wildman–Crippen LogP) is 3.69. The molecule has 1 aliphatic rings. The molecular weight excluding hydrogens is 395 g/mol. The lowest BCUT2D eigenvalue weighted by molar-refractivity contribution is -0.122. The van der Waals surface area contributed by atoms with Crippen molar-refractivity contribution in [3.05, 3.63) is 70.4 Å². The summed E-state index contributed by atoms with van der Waals surface area (Å²) in [6.07, 6.45) is 1.36. The highest BCUT2D eigenvalue weighted by molar-refractivity contribution is 8.18. The zero-order chi connectivity index (χ0) is 20.8. The topological polar surface area (TPSA) is 75.7 Å². The Hall–Kier alpha value is -3.13. The van der Waals surface area contributed by atoms with Crippen molar-refractivity contribution in [3.8, 4) is 5.75 Å². The Morgan fingerprint density at radius 3 is 2.59 bits per heavy atom. The van der Waals surface area contributed by atoms with Gasteiger partial charge in [0.15, 0.2) is 0 Å². The molecule has 29 heavy (non-hydrogen) atoms. The lowest BCUT2D eigenvalue weighted by atomic mass is 10.2. The van der Waals surface area contributed by atoms with E-state index in [9.17, 15) is 18.8 Å². The van der Waals surface area contributed by atoms with E-state index in [4.69, 9.17) is 4.74 Å². The van der Waals surface area contributed by atoms with Crippen LogP contribution >= 0.6 is 11.8 Å². The van der Waals surface area contributed by atoms with Crippen LogP contribution in [-0.4, -0.2) is 41.6 Å². The molecule has 0 unspecified atom stereocenters. The fraction of sp³-hybridized carbons (Fsp3) is 0.190. The summed E-state index contributed by atoms with van der Waals surface area (Å²) in [5.74, 6) is -0.620. The Kier molecular flexibility index (Phi) is 6.66. The number of carbonyl (C=O) groups excluding carboxylic acids is 3. The lowest BCUT2D eigenvalue weighted by Crippen LogP contribution is -2.37. The van der Waals surface area contributed by atoms with Crippen molar-refractivity contribution >= 4 is 34.9 Å². The van der Waals surface area contributed by atoms with Crippen LogP contribution in [0.2, 0.25) is 0 Å². The molecule has 1 saturated heterocycles. The molecule has 0 aliphatic carbocycles. The number of nitrogens with zero attached hydrogens (tertiary/aromatic N) is 1. The van der Waals surface area contributed by atoms with E-state index in [-0.39, 0.29) is 29.5 Å². The molecule has 8 heteroatoms. The van der Waals surface area contributed by atoms with Crippen LogP contribution in [0, 0.1) is 5.82 Å². The van der Waals surface area contributed by atoms with Gasteiger partial charge in [0.05, 0.1) is 11.5 Å². The van der Waals surface area contributed by atoms with Gasteiger partial charge >= 0.3 is 0 Å². The maximum absolute atomic E-state index is 13.8. The van der Waals surface area contributed by atoms with Crippen molar-refractivity contribution in [1.29, 1.82) is 0 Å². The molecule has 2 aromatic carbocycles. The van der Waals surface area contributed by atoms with Gasteiger partial charge in [0.2, 0.25) is 0 Å². The predicted molar refractivity (Wildman–Crippen MR) is 109 cm³/mol. The van der Waals surface area contributed by atoms with Gasteiger partial charge in [-0.2, -0.15) is 0 Å². The molecule has 1 N–H and O–H groups in total. The highest BCUT2D eigenvalue weighted by Gasteiger charge is 2.34. The Morgan fingerprint density at radius 1 is 1.17 bits per heavy atom. The SMILES string of the molecule is CCOc1ccc(C(=O)NCCN2C(=O)S/C(=C\c3ccccc3F)C2=O)cc1. The fourth-order valence-electron chi connectivity index (χ4n) is 2.68. The van der Waals surface area contributed by atoms with Crippen molar-refractivity contribution in [2.45, 2.75) is 6.92 Å². The minimum Gasteiger partial charge on any atom is -0.494 e. The molecule has 6 nitrogen and oxygen atoms in total. The van der Waals surface area contributed by atoms with E-state index < -0.39 is 17.0 Å². The Balaban J connectivity index is 1.56. The first-order chi connectivity index (χ1) is 14.0. The van der Waals surface area contributed by atoms with Gasteiger partial charge in [0.25, 0.3) is 17.1 Å². The molecule has 0 atom stereocenters. The van der Waals surface area contributed by atoms with Gasteiger partial charge in [-0.1, -0.05) is 18.2 Å². The number of hydrogen-bond donors (Lipinski definition) is 1. The molecule has 0 bridgehead atoms. The molecule has 1 aliphatic heterocycles. The first-order valence-corrected chi connectivity index (χ1v) is 9.82. The van der Waals surface area contributed by atoms with Crippen molar-refractivity contribution in [2.24, 2.45) is 0 Å². The van der Waals surface area contributed by atoms with Gasteiger partial charge in [-0.25, -0.2) is 4.39 Å². The summed E-state index contributed by atoms with van der Waals surface area (Å²) in [4.78, 5) is 37.9. The van der Waals surface area contributed by atoms with E-state index in [0.29, 0.717) is 17.9 Å². The van der Waals surface area contributed by atoms with E-state index in [1.54, 1.807) is 36.4 Å². The summed E-state index contributed by atoms with van der Waals surface area (Å²) in [6.45, 7) is 2.55. The van der Waals surface area contributed by atoms with E-state index in [0.717, 1.165) is 16.7 Å². The summed E-state index contributed by atoms with van der Waals surface area (Å²) < 4.78 is 19.1. The van der Waals surface area contributed by atoms with Gasteiger partial charge in [-0.15, -0.1) is 0 Å². The number of amides is 3. The zero-order valence-electron chi connectivity index (χ0n) is 15.7. The van der Waals surface area contributed by atoms with E-state index in [1.165, 1.54) is 18.2 Å². The normalized spacial score (nSPS) is 15.1. The minimum absolute atomic E-state index is 0.0298. The zero-order valence-corrected chi connectivity index (χ0v) is 16.5. The van der Waals surface area contributed by atoms with Crippen LogP contribution < -0.4 is 10.1 Å². The van der Waals surface area contributed by atoms with E-state index in [1.807, 2.05) is 6.92 Å². The molecular formula is C21H19FN2O4S. The van der Waals surface area contributed by atoms with Crippen LogP contribution in [0.1, 0.15) is 22.8 Å². The largest absolute Gasteiger partial charge is 0.494 e. The van der Waals surface area contributed by atoms with E-state index >= 15 is 0 Å². The molecule has 0 saturated carbocycles. The number of imide groups is 1. The monoisotopic (exact) mass is 414 g/mol. The van der Waals surface area contributed by atoms with Gasteiger partial charge in [-0.05, 0) is 55.1 Å². The third kappa shape index (κ3) is 5.03. The second kappa shape index (κ2) is 9.38. The maximum Gasteiger partial charge on any atom is 0.293 e. The molecule has 3 rings (SSSR count). The Morgan fingerprint density at radius 2 is 1.90 bits per heavy atom. The number of benzene rings is 2. The third-order valence-corrected chi connectivity index (χ3v) is 5.02. The molecule has 0 spiro atoms. The third-order valence-electron chi connectivity index (χ3n) is 4.11. The van der Waals surface area contributed by atoms with Gasteiger partial charge < -0.3 is 10.1 Å². The quantitative estimate of drug-likeness (QED) is 0.700. The minimum atomic E-state index is -0.501. The van der Waals surface area contributed by atoms with Crippen LogP contribution in [0.15, 0.2) is 53.4 Å². The number of halogens is 1. The summed E-state index contributed by atoms with van der Waals surface area (Å²) >= 11 is 0.752. The number of rotatable bonds is 7. The van der Waals surface area contributed by atoms with Crippen LogP contribution in [0.4, 0.5) is 9.18 Å². The highest BCUT2D eigenvalue weighted by atomic mass is 32.2. The number of nitrogens with one attached hydrogen (secondary N) is 1. The molecule has 0 aromatic heterocycles. The summed E-state index contributed by atoms with van der Waals surface area (Å²) in [6, 6.07) is 12.7. The highest BCUT2D eigenvalue weighted by Crippen LogP contribution is 2.32. The first kappa shape index (κ1) is 20.6. The molecule has 3 amide bonds. The van der Waals surface area contributed by atoms with Crippen molar-refractivity contribution in [3.63, 3.8) is 0 Å². The second-order valence-corrected chi connectivity index (χ2v) is 7.06. The van der Waals surface area contributed by atoms with Gasteiger partial charge in [0.1, 0.15) is 11.6 Å². The second-order valence-electron chi connectivity index (χ2n) is 6.07. The maximum atomic E-state index is 13.8. The molecule has 1 heterocycles. The average Bonchev–Trinajstić information content (AvgIpc) is 2.98. The van der Waals surface area contributed by atoms with Crippen LogP contribution in [-0.2, 0) is 4.79 Å². The number of carbonyl (C=O) groups is 3. The Bertz CT molecular complexity index is 959. The van der Waals surface area contributed by atoms with Crippen LogP contribution in [0.3, 0.4) is 0 Å². The molecule has 150 valence electrons. The van der Waals surface area contributed by atoms with Crippen LogP contribution in [0.5, 0.6) is 5.75 Å². The smallest absolute Gasteiger partial charge is 0.293 e. The van der Waals surface area contributed by atoms with Gasteiger partial charge in [-0.3, -0.25) is 19.3 Å². The van der Waals surface area contributed by atoms with Gasteiger partial charge in [0, 0.05) is 24.2 Å². The fourth-order valence-corrected chi connectivity index (χ4v) is 3.53. The van der Waals surface area contributed by atoms with Crippen molar-refractivity contribution in [1.82, 2.24) is 10.2 Å². The summed E-state index contributed by atoms with van der Waals surface area (Å²) in [7, 11) is 0. The van der Waals surface area contributed by atoms with E-state index in [2.05, 4.69) is 5.32 Å². The lowest BCUT2D eigenvalue weighted by Gasteiger charge is -2.13. The van der Waals surface area contributed by atoms with Crippen molar-refractivity contribution in [2.75, 3.05) is 19.7 Å². The van der Waals surface area contributed by atoms with Crippen LogP contribution in [0.25, 0.3) is 6.08 Å². The Labute approximate surface area is 171 Å². The number of ether oxygens (including phenoxy) is 1.